The number of halogens is 7. The van der Waals surface area contributed by atoms with E-state index >= 15 is 0 Å². The van der Waals surface area contributed by atoms with Crippen molar-refractivity contribution in [1.29, 1.82) is 0 Å². The molecule has 0 bridgehead atoms. The normalized spacial score (nSPS) is 12.4. The maximum absolute atomic E-state index is 12.8. The van der Waals surface area contributed by atoms with Crippen LogP contribution < -0.4 is 0 Å². The highest BCUT2D eigenvalue weighted by Gasteiger charge is 2.71. The fourth-order valence-corrected chi connectivity index (χ4v) is 3.52. The second-order valence-corrected chi connectivity index (χ2v) is 7.11. The van der Waals surface area contributed by atoms with Crippen molar-refractivity contribution in [1.82, 2.24) is 0 Å². The summed E-state index contributed by atoms with van der Waals surface area (Å²) in [5, 5.41) is 9.32. The minimum Gasteiger partial charge on any atom is -0.369 e. The van der Waals surface area contributed by atoms with E-state index in [4.69, 9.17) is 0 Å². The molecule has 0 aromatic heterocycles. The number of thioether (sulfide) groups is 1. The number of benzene rings is 2. The number of aliphatic hydroxyl groups is 1. The van der Waals surface area contributed by atoms with Crippen LogP contribution in [-0.2, 0) is 11.4 Å². The number of rotatable bonds is 4. The van der Waals surface area contributed by atoms with Crippen molar-refractivity contribution in [3.05, 3.63) is 64.1 Å². The van der Waals surface area contributed by atoms with Crippen LogP contribution in [0.15, 0.2) is 57.9 Å². The van der Waals surface area contributed by atoms with E-state index in [9.17, 15) is 31.4 Å². The molecule has 2 rings (SSSR count). The van der Waals surface area contributed by atoms with Gasteiger partial charge in [0.15, 0.2) is 0 Å². The van der Waals surface area contributed by atoms with E-state index in [0.29, 0.717) is 23.4 Å². The van der Waals surface area contributed by atoms with Crippen LogP contribution >= 0.6 is 27.7 Å². The summed E-state index contributed by atoms with van der Waals surface area (Å²) in [5.74, 6) is 0.354. The average molecular weight is 475 g/mol. The van der Waals surface area contributed by atoms with E-state index in [1.54, 1.807) is 0 Å². The molecule has 0 saturated carbocycles. The van der Waals surface area contributed by atoms with Crippen molar-refractivity contribution >= 4 is 27.7 Å². The molecule has 0 aliphatic rings. The molecule has 27 heavy (non-hydrogen) atoms. The zero-order valence-corrected chi connectivity index (χ0v) is 16.7. The van der Waals surface area contributed by atoms with Crippen LogP contribution in [0.25, 0.3) is 0 Å². The van der Waals surface area contributed by atoms with Crippen LogP contribution in [0.3, 0.4) is 0 Å². The molecule has 0 spiro atoms. The molecule has 150 valence electrons. The number of hydrogen-bond acceptors (Lipinski definition) is 2. The SMILES string of the molecule is CC.OC(c1ccc(CSc2cccc(Br)c2)cc1)(C(F)(F)F)C(F)(F)F. The standard InChI is InChI=1S/C16H11BrF6OS.C2H6/c17-12-2-1-3-13(8-12)25-9-10-4-6-11(7-5-10)14(24,15(18,19)20)16(21,22)23;1-2/h1-8,24H,9H2;1-2H3. The molecular weight excluding hydrogens is 458 g/mol. The Balaban J connectivity index is 0.00000176. The van der Waals surface area contributed by atoms with Gasteiger partial charge in [-0.1, -0.05) is 60.1 Å². The summed E-state index contributed by atoms with van der Waals surface area (Å²) in [6, 6.07) is 10.9. The maximum atomic E-state index is 12.8. The Bertz CT molecular complexity index is 714. The van der Waals surface area contributed by atoms with Gasteiger partial charge in [0, 0.05) is 20.7 Å². The van der Waals surface area contributed by atoms with Crippen LogP contribution in [0.2, 0.25) is 0 Å². The Morgan fingerprint density at radius 2 is 1.41 bits per heavy atom. The van der Waals surface area contributed by atoms with Gasteiger partial charge in [-0.05, 0) is 23.8 Å². The summed E-state index contributed by atoms with van der Waals surface area (Å²) in [4.78, 5) is 0.889. The smallest absolute Gasteiger partial charge is 0.369 e. The van der Waals surface area contributed by atoms with Crippen LogP contribution in [-0.4, -0.2) is 17.5 Å². The number of alkyl halides is 6. The molecule has 2 aromatic rings. The average Bonchev–Trinajstić information content (AvgIpc) is 2.59. The molecule has 0 fully saturated rings. The summed E-state index contributed by atoms with van der Waals surface area (Å²) < 4.78 is 77.7. The molecule has 9 heteroatoms. The first kappa shape index (κ1) is 23.8. The lowest BCUT2D eigenvalue weighted by molar-refractivity contribution is -0.376. The lowest BCUT2D eigenvalue weighted by Gasteiger charge is -2.32. The Hall–Kier alpha value is -1.19. The van der Waals surface area contributed by atoms with Crippen molar-refractivity contribution in [3.8, 4) is 0 Å². The molecule has 0 aliphatic heterocycles. The molecule has 0 atom stereocenters. The van der Waals surface area contributed by atoms with E-state index in [0.717, 1.165) is 21.5 Å². The van der Waals surface area contributed by atoms with E-state index < -0.39 is 23.5 Å². The fraction of sp³-hybridized carbons (Fsp3) is 0.333. The van der Waals surface area contributed by atoms with Gasteiger partial charge in [0.2, 0.25) is 0 Å². The van der Waals surface area contributed by atoms with Gasteiger partial charge in [-0.2, -0.15) is 26.3 Å². The highest BCUT2D eigenvalue weighted by molar-refractivity contribution is 9.10. The Labute approximate surface area is 165 Å². The molecule has 0 radical (unpaired) electrons. The lowest BCUT2D eigenvalue weighted by atomic mass is 9.92. The Morgan fingerprint density at radius 3 is 1.85 bits per heavy atom. The molecule has 1 nitrogen and oxygen atoms in total. The van der Waals surface area contributed by atoms with Gasteiger partial charge >= 0.3 is 12.4 Å². The van der Waals surface area contributed by atoms with E-state index in [-0.39, 0.29) is 0 Å². The third kappa shape index (κ3) is 5.65. The topological polar surface area (TPSA) is 20.2 Å². The van der Waals surface area contributed by atoms with Crippen LogP contribution in [0.5, 0.6) is 0 Å². The molecule has 0 aliphatic carbocycles. The van der Waals surface area contributed by atoms with Gasteiger partial charge < -0.3 is 5.11 Å². The number of hydrogen-bond donors (Lipinski definition) is 1. The molecule has 0 heterocycles. The largest absolute Gasteiger partial charge is 0.430 e. The van der Waals surface area contributed by atoms with Gasteiger partial charge in [-0.25, -0.2) is 0 Å². The highest BCUT2D eigenvalue weighted by atomic mass is 79.9. The molecule has 0 unspecified atom stereocenters. The van der Waals surface area contributed by atoms with Gasteiger partial charge in [-0.3, -0.25) is 0 Å². The molecule has 0 saturated heterocycles. The van der Waals surface area contributed by atoms with Crippen molar-refractivity contribution in [2.75, 3.05) is 0 Å². The first-order valence-electron chi connectivity index (χ1n) is 7.79. The van der Waals surface area contributed by atoms with Gasteiger partial charge in [-0.15, -0.1) is 11.8 Å². The van der Waals surface area contributed by atoms with Crippen LogP contribution in [0, 0.1) is 0 Å². The van der Waals surface area contributed by atoms with Crippen molar-refractivity contribution < 1.29 is 31.4 Å². The van der Waals surface area contributed by atoms with Gasteiger partial charge in [0.05, 0.1) is 0 Å². The zero-order valence-electron chi connectivity index (χ0n) is 14.3. The van der Waals surface area contributed by atoms with Gasteiger partial charge in [0.1, 0.15) is 0 Å². The minimum absolute atomic E-state index is 0.354. The molecule has 2 aromatic carbocycles. The van der Waals surface area contributed by atoms with Gasteiger partial charge in [0.25, 0.3) is 5.60 Å². The Morgan fingerprint density at radius 1 is 0.889 bits per heavy atom. The van der Waals surface area contributed by atoms with Crippen LogP contribution in [0.1, 0.15) is 25.0 Å². The first-order valence-corrected chi connectivity index (χ1v) is 9.56. The van der Waals surface area contributed by atoms with Crippen molar-refractivity contribution in [3.63, 3.8) is 0 Å². The predicted molar refractivity (Wildman–Crippen MR) is 97.5 cm³/mol. The minimum atomic E-state index is -5.88. The molecule has 1 N–H and O–H groups in total. The van der Waals surface area contributed by atoms with Crippen molar-refractivity contribution in [2.45, 2.75) is 42.4 Å². The predicted octanol–water partition coefficient (Wildman–Crippen LogP) is 7.08. The summed E-state index contributed by atoms with van der Waals surface area (Å²) in [7, 11) is 0. The summed E-state index contributed by atoms with van der Waals surface area (Å²) >= 11 is 4.68. The lowest BCUT2D eigenvalue weighted by Crippen LogP contribution is -2.53. The second-order valence-electron chi connectivity index (χ2n) is 5.15. The zero-order chi connectivity index (χ0) is 20.9. The monoisotopic (exact) mass is 474 g/mol. The van der Waals surface area contributed by atoms with Crippen LogP contribution in [0.4, 0.5) is 26.3 Å². The van der Waals surface area contributed by atoms with E-state index in [2.05, 4.69) is 15.9 Å². The fourth-order valence-electron chi connectivity index (χ4n) is 2.05. The third-order valence-corrected chi connectivity index (χ3v) is 4.95. The highest BCUT2D eigenvalue weighted by Crippen LogP contribution is 2.50. The summed E-state index contributed by atoms with van der Waals surface area (Å²) in [6.07, 6.45) is -11.8. The summed E-state index contributed by atoms with van der Waals surface area (Å²) in [6.45, 7) is 4.00. The van der Waals surface area contributed by atoms with Crippen molar-refractivity contribution in [2.24, 2.45) is 0 Å². The first-order chi connectivity index (χ1) is 12.4. The molecule has 0 amide bonds. The third-order valence-electron chi connectivity index (χ3n) is 3.39. The maximum Gasteiger partial charge on any atom is 0.430 e. The molecular formula is C18H17BrF6OS. The van der Waals surface area contributed by atoms with E-state index in [1.807, 2.05) is 38.1 Å². The second kappa shape index (κ2) is 9.34. The van der Waals surface area contributed by atoms with E-state index in [1.165, 1.54) is 11.8 Å². The summed E-state index contributed by atoms with van der Waals surface area (Å²) in [5.41, 5.74) is -5.63. The Kier molecular flexibility index (Phi) is 8.25. The quantitative estimate of drug-likeness (QED) is 0.377.